The van der Waals surface area contributed by atoms with Crippen molar-refractivity contribution in [2.45, 2.75) is 0 Å². The lowest BCUT2D eigenvalue weighted by molar-refractivity contribution is 1.33. The van der Waals surface area contributed by atoms with Gasteiger partial charge in [-0.25, -0.2) is 0 Å². The standard InChI is InChI=1S/C18H13N3S/c1-2-18-17(10-13(1)9-15-11-22-12-21-15)16(5-8-20-18)14-3-6-19-7-4-14/h1-10,12H,11H2/b15-9+. The molecule has 0 N–H and O–H groups in total. The molecule has 0 fully saturated rings. The summed E-state index contributed by atoms with van der Waals surface area (Å²) in [4.78, 5) is 12.9. The third-order valence-electron chi connectivity index (χ3n) is 3.61. The maximum Gasteiger partial charge on any atom is 0.0708 e. The van der Waals surface area contributed by atoms with Gasteiger partial charge in [0, 0.05) is 29.7 Å². The first-order valence-electron chi connectivity index (χ1n) is 7.04. The van der Waals surface area contributed by atoms with Crippen molar-refractivity contribution in [2.24, 2.45) is 4.99 Å². The van der Waals surface area contributed by atoms with Gasteiger partial charge in [-0.2, -0.15) is 0 Å². The minimum Gasteiger partial charge on any atom is -0.265 e. The maximum atomic E-state index is 4.47. The number of thioether (sulfide) groups is 1. The van der Waals surface area contributed by atoms with Crippen LogP contribution in [0.1, 0.15) is 5.56 Å². The first-order chi connectivity index (χ1) is 10.9. The van der Waals surface area contributed by atoms with E-state index in [2.05, 4.69) is 45.3 Å². The molecule has 0 amide bonds. The molecule has 0 bridgehead atoms. The summed E-state index contributed by atoms with van der Waals surface area (Å²) in [5.41, 5.74) is 7.50. The van der Waals surface area contributed by atoms with E-state index in [4.69, 9.17) is 0 Å². The monoisotopic (exact) mass is 303 g/mol. The van der Waals surface area contributed by atoms with Gasteiger partial charge < -0.3 is 0 Å². The SMILES string of the molecule is C1=N/C(=C/c2ccc3nccc(-c4ccncc4)c3c2)CS1. The third kappa shape index (κ3) is 2.53. The highest BCUT2D eigenvalue weighted by Crippen LogP contribution is 2.28. The molecule has 106 valence electrons. The van der Waals surface area contributed by atoms with E-state index < -0.39 is 0 Å². The minimum absolute atomic E-state index is 0.947. The second kappa shape index (κ2) is 5.73. The van der Waals surface area contributed by atoms with Gasteiger partial charge in [0.2, 0.25) is 0 Å². The van der Waals surface area contributed by atoms with Gasteiger partial charge in [-0.3, -0.25) is 15.0 Å². The Hall–Kier alpha value is -2.46. The van der Waals surface area contributed by atoms with Gasteiger partial charge in [0.15, 0.2) is 0 Å². The Morgan fingerprint density at radius 2 is 1.91 bits per heavy atom. The summed E-state index contributed by atoms with van der Waals surface area (Å²) in [5, 5.41) is 1.15. The lowest BCUT2D eigenvalue weighted by atomic mass is 10.0. The van der Waals surface area contributed by atoms with Gasteiger partial charge in [0.05, 0.1) is 16.8 Å². The van der Waals surface area contributed by atoms with Crippen LogP contribution in [-0.4, -0.2) is 21.3 Å². The van der Waals surface area contributed by atoms with Crippen LogP contribution in [0.5, 0.6) is 0 Å². The average Bonchev–Trinajstić information content (AvgIpc) is 3.08. The van der Waals surface area contributed by atoms with Gasteiger partial charge in [0.25, 0.3) is 0 Å². The molecule has 0 saturated heterocycles. The van der Waals surface area contributed by atoms with E-state index in [0.717, 1.165) is 33.5 Å². The molecule has 3 heterocycles. The molecule has 22 heavy (non-hydrogen) atoms. The smallest absolute Gasteiger partial charge is 0.0708 e. The van der Waals surface area contributed by atoms with E-state index in [1.807, 2.05) is 36.3 Å². The zero-order valence-corrected chi connectivity index (χ0v) is 12.6. The summed E-state index contributed by atoms with van der Waals surface area (Å²) in [6.07, 6.45) is 7.63. The molecule has 0 saturated carbocycles. The van der Waals surface area contributed by atoms with E-state index in [1.165, 1.54) is 5.56 Å². The van der Waals surface area contributed by atoms with Crippen molar-refractivity contribution < 1.29 is 0 Å². The quantitative estimate of drug-likeness (QED) is 0.703. The second-order valence-electron chi connectivity index (χ2n) is 5.05. The summed E-state index contributed by atoms with van der Waals surface area (Å²) in [6.45, 7) is 0. The summed E-state index contributed by atoms with van der Waals surface area (Å²) in [6, 6.07) is 12.5. The summed E-state index contributed by atoms with van der Waals surface area (Å²) in [7, 11) is 0. The molecular weight excluding hydrogens is 290 g/mol. The third-order valence-corrected chi connectivity index (χ3v) is 4.33. The van der Waals surface area contributed by atoms with Gasteiger partial charge in [0.1, 0.15) is 0 Å². The van der Waals surface area contributed by atoms with E-state index in [0.29, 0.717) is 0 Å². The molecule has 0 radical (unpaired) electrons. The predicted molar refractivity (Wildman–Crippen MR) is 93.9 cm³/mol. The van der Waals surface area contributed by atoms with Crippen molar-refractivity contribution in [1.82, 2.24) is 9.97 Å². The number of aliphatic imine (C=N–C) groups is 1. The lowest BCUT2D eigenvalue weighted by Gasteiger charge is -2.07. The van der Waals surface area contributed by atoms with E-state index >= 15 is 0 Å². The van der Waals surface area contributed by atoms with E-state index in [9.17, 15) is 0 Å². The molecule has 1 aliphatic rings. The fourth-order valence-corrected chi connectivity index (χ4v) is 3.19. The molecule has 0 unspecified atom stereocenters. The summed E-state index contributed by atoms with van der Waals surface area (Å²) in [5.74, 6) is 0.947. The van der Waals surface area contributed by atoms with Crippen molar-refractivity contribution in [3.05, 3.63) is 66.2 Å². The normalized spacial score (nSPS) is 15.7. The Labute approximate surface area is 132 Å². The lowest BCUT2D eigenvalue weighted by Crippen LogP contribution is -1.86. The highest BCUT2D eigenvalue weighted by Gasteiger charge is 2.06. The van der Waals surface area contributed by atoms with Crippen molar-refractivity contribution >= 4 is 34.3 Å². The molecule has 4 heteroatoms. The van der Waals surface area contributed by atoms with E-state index in [-0.39, 0.29) is 0 Å². The predicted octanol–water partition coefficient (Wildman–Crippen LogP) is 4.41. The highest BCUT2D eigenvalue weighted by molar-refractivity contribution is 8.12. The Morgan fingerprint density at radius 3 is 2.73 bits per heavy atom. The summed E-state index contributed by atoms with van der Waals surface area (Å²) < 4.78 is 0. The Kier molecular flexibility index (Phi) is 3.45. The Balaban J connectivity index is 1.87. The molecule has 3 nitrogen and oxygen atoms in total. The van der Waals surface area contributed by atoms with Crippen LogP contribution in [0, 0.1) is 0 Å². The number of benzene rings is 1. The van der Waals surface area contributed by atoms with Crippen molar-refractivity contribution in [3.8, 4) is 11.1 Å². The van der Waals surface area contributed by atoms with Crippen LogP contribution in [-0.2, 0) is 0 Å². The van der Waals surface area contributed by atoms with Gasteiger partial charge in [-0.05, 0) is 53.1 Å². The minimum atomic E-state index is 0.947. The fourth-order valence-electron chi connectivity index (χ4n) is 2.57. The van der Waals surface area contributed by atoms with Crippen LogP contribution in [0.15, 0.2) is 65.7 Å². The highest BCUT2D eigenvalue weighted by atomic mass is 32.2. The van der Waals surface area contributed by atoms with Crippen LogP contribution in [0.2, 0.25) is 0 Å². The van der Waals surface area contributed by atoms with Crippen molar-refractivity contribution in [1.29, 1.82) is 0 Å². The number of fused-ring (bicyclic) bond motifs is 1. The molecule has 0 spiro atoms. The van der Waals surface area contributed by atoms with Crippen LogP contribution in [0.25, 0.3) is 28.1 Å². The van der Waals surface area contributed by atoms with Gasteiger partial charge in [-0.15, -0.1) is 11.8 Å². The molecule has 0 aliphatic carbocycles. The number of hydrogen-bond acceptors (Lipinski definition) is 4. The van der Waals surface area contributed by atoms with Crippen LogP contribution < -0.4 is 0 Å². The van der Waals surface area contributed by atoms with Crippen LogP contribution >= 0.6 is 11.8 Å². The molecule has 3 aromatic rings. The first kappa shape index (κ1) is 13.2. The number of pyridine rings is 2. The number of aromatic nitrogens is 2. The number of hydrogen-bond donors (Lipinski definition) is 0. The zero-order valence-electron chi connectivity index (χ0n) is 11.8. The zero-order chi connectivity index (χ0) is 14.8. The van der Waals surface area contributed by atoms with Crippen LogP contribution in [0.4, 0.5) is 0 Å². The molecule has 2 aromatic heterocycles. The number of nitrogens with zero attached hydrogens (tertiary/aromatic N) is 3. The molecule has 4 rings (SSSR count). The topological polar surface area (TPSA) is 38.1 Å². The first-order valence-corrected chi connectivity index (χ1v) is 8.09. The van der Waals surface area contributed by atoms with Crippen molar-refractivity contribution in [2.75, 3.05) is 5.75 Å². The van der Waals surface area contributed by atoms with E-state index in [1.54, 1.807) is 11.8 Å². The Bertz CT molecular complexity index is 885. The van der Waals surface area contributed by atoms with Crippen molar-refractivity contribution in [3.63, 3.8) is 0 Å². The number of rotatable bonds is 2. The average molecular weight is 303 g/mol. The molecular formula is C18H13N3S. The largest absolute Gasteiger partial charge is 0.265 e. The second-order valence-corrected chi connectivity index (χ2v) is 5.89. The molecule has 1 aliphatic heterocycles. The molecule has 1 aromatic carbocycles. The van der Waals surface area contributed by atoms with Crippen LogP contribution in [0.3, 0.4) is 0 Å². The maximum absolute atomic E-state index is 4.47. The molecule has 0 atom stereocenters. The summed E-state index contributed by atoms with van der Waals surface area (Å²) >= 11 is 1.73. The van der Waals surface area contributed by atoms with Gasteiger partial charge >= 0.3 is 0 Å². The van der Waals surface area contributed by atoms with Gasteiger partial charge in [-0.1, -0.05) is 6.07 Å². The Morgan fingerprint density at radius 1 is 1.00 bits per heavy atom. The fraction of sp³-hybridized carbons (Fsp3) is 0.0556.